The zero-order chi connectivity index (χ0) is 24.5. The van der Waals surface area contributed by atoms with Crippen LogP contribution in [0.1, 0.15) is 84.0 Å². The Balaban J connectivity index is 2.18. The SMILES string of the molecule is CCCCCCCCCCCCC/C=C/[C@@H](OC)[C@@H](N)CO[C@@H]1OC(CO)[C@@H](O)C(O)C1O. The molecule has 0 aromatic rings. The van der Waals surface area contributed by atoms with Gasteiger partial charge in [0, 0.05) is 7.11 Å². The quantitative estimate of drug-likeness (QED) is 0.142. The van der Waals surface area contributed by atoms with E-state index in [1.54, 1.807) is 7.11 Å². The Morgan fingerprint density at radius 1 is 0.879 bits per heavy atom. The maximum atomic E-state index is 10.0. The van der Waals surface area contributed by atoms with E-state index in [1.165, 1.54) is 64.2 Å². The molecule has 0 saturated carbocycles. The summed E-state index contributed by atoms with van der Waals surface area (Å²) in [6, 6.07) is -0.504. The van der Waals surface area contributed by atoms with E-state index in [2.05, 4.69) is 13.0 Å². The number of nitrogens with two attached hydrogens (primary N) is 1. The molecule has 0 amide bonds. The van der Waals surface area contributed by atoms with Gasteiger partial charge < -0.3 is 40.4 Å². The average molecular weight is 476 g/mol. The molecular formula is C25H49NO7. The second kappa shape index (κ2) is 18.7. The Labute approximate surface area is 200 Å². The van der Waals surface area contributed by atoms with Gasteiger partial charge in [-0.15, -0.1) is 0 Å². The summed E-state index contributed by atoms with van der Waals surface area (Å²) < 4.78 is 16.3. The number of ether oxygens (including phenoxy) is 3. The van der Waals surface area contributed by atoms with Crippen molar-refractivity contribution in [3.8, 4) is 0 Å². The van der Waals surface area contributed by atoms with Crippen molar-refractivity contribution in [1.82, 2.24) is 0 Å². The normalized spacial score (nSPS) is 27.8. The van der Waals surface area contributed by atoms with Crippen LogP contribution in [-0.4, -0.2) is 83.6 Å². The van der Waals surface area contributed by atoms with E-state index in [9.17, 15) is 20.4 Å². The van der Waals surface area contributed by atoms with Crippen molar-refractivity contribution < 1.29 is 34.6 Å². The molecule has 8 heteroatoms. The van der Waals surface area contributed by atoms with Gasteiger partial charge >= 0.3 is 0 Å². The third kappa shape index (κ3) is 12.1. The lowest BCUT2D eigenvalue weighted by molar-refractivity contribution is -0.302. The molecule has 1 aliphatic heterocycles. The van der Waals surface area contributed by atoms with E-state index in [4.69, 9.17) is 19.9 Å². The molecule has 33 heavy (non-hydrogen) atoms. The summed E-state index contributed by atoms with van der Waals surface area (Å²) in [5.41, 5.74) is 6.17. The molecule has 0 radical (unpaired) electrons. The number of hydrogen-bond acceptors (Lipinski definition) is 8. The van der Waals surface area contributed by atoms with Crippen LogP contribution in [0.5, 0.6) is 0 Å². The molecule has 1 saturated heterocycles. The summed E-state index contributed by atoms with van der Waals surface area (Å²) in [6.45, 7) is 1.77. The summed E-state index contributed by atoms with van der Waals surface area (Å²) in [5, 5.41) is 38.9. The fourth-order valence-electron chi connectivity index (χ4n) is 4.06. The topological polar surface area (TPSA) is 135 Å². The van der Waals surface area contributed by atoms with Crippen LogP contribution in [-0.2, 0) is 14.2 Å². The van der Waals surface area contributed by atoms with Gasteiger partial charge in [-0.2, -0.15) is 0 Å². The van der Waals surface area contributed by atoms with Crippen LogP contribution in [0.15, 0.2) is 12.2 Å². The van der Waals surface area contributed by atoms with E-state index in [0.717, 1.165) is 12.8 Å². The van der Waals surface area contributed by atoms with Gasteiger partial charge in [-0.25, -0.2) is 0 Å². The van der Waals surface area contributed by atoms with Crippen LogP contribution in [0, 0.1) is 0 Å². The summed E-state index contributed by atoms with van der Waals surface area (Å²) in [7, 11) is 1.57. The Kier molecular flexibility index (Phi) is 17.3. The highest BCUT2D eigenvalue weighted by atomic mass is 16.7. The first-order valence-electron chi connectivity index (χ1n) is 12.8. The molecule has 196 valence electrons. The molecule has 0 aliphatic carbocycles. The molecule has 3 unspecified atom stereocenters. The molecule has 1 aliphatic rings. The van der Waals surface area contributed by atoms with Crippen LogP contribution in [0.4, 0.5) is 0 Å². The fraction of sp³-hybridized carbons (Fsp3) is 0.920. The van der Waals surface area contributed by atoms with Crippen molar-refractivity contribution in [2.24, 2.45) is 5.73 Å². The predicted molar refractivity (Wildman–Crippen MR) is 129 cm³/mol. The van der Waals surface area contributed by atoms with Crippen molar-refractivity contribution in [2.45, 2.75) is 127 Å². The molecule has 0 spiro atoms. The lowest BCUT2D eigenvalue weighted by Crippen LogP contribution is -2.59. The molecule has 0 bridgehead atoms. The monoisotopic (exact) mass is 475 g/mol. The van der Waals surface area contributed by atoms with Crippen LogP contribution >= 0.6 is 0 Å². The first-order chi connectivity index (χ1) is 16.0. The number of aliphatic hydroxyl groups excluding tert-OH is 4. The summed E-state index contributed by atoms with van der Waals surface area (Å²) >= 11 is 0. The average Bonchev–Trinajstić information content (AvgIpc) is 2.82. The maximum Gasteiger partial charge on any atom is 0.186 e. The molecule has 1 fully saturated rings. The first-order valence-corrected chi connectivity index (χ1v) is 12.8. The zero-order valence-corrected chi connectivity index (χ0v) is 20.7. The third-order valence-corrected chi connectivity index (χ3v) is 6.30. The molecule has 8 nitrogen and oxygen atoms in total. The minimum absolute atomic E-state index is 0.0178. The van der Waals surface area contributed by atoms with E-state index >= 15 is 0 Å². The Morgan fingerprint density at radius 2 is 1.45 bits per heavy atom. The van der Waals surface area contributed by atoms with Gasteiger partial charge in [0.2, 0.25) is 0 Å². The van der Waals surface area contributed by atoms with E-state index < -0.39 is 43.4 Å². The largest absolute Gasteiger partial charge is 0.394 e. The molecule has 1 heterocycles. The van der Waals surface area contributed by atoms with Gasteiger partial charge in [0.25, 0.3) is 0 Å². The lowest BCUT2D eigenvalue weighted by Gasteiger charge is -2.40. The van der Waals surface area contributed by atoms with Crippen molar-refractivity contribution in [3.05, 3.63) is 12.2 Å². The predicted octanol–water partition coefficient (Wildman–Crippen LogP) is 2.40. The number of methoxy groups -OCH3 is 1. The molecular weight excluding hydrogens is 426 g/mol. The van der Waals surface area contributed by atoms with Crippen LogP contribution in [0.3, 0.4) is 0 Å². The summed E-state index contributed by atoms with van der Waals surface area (Å²) in [5.74, 6) is 0. The summed E-state index contributed by atoms with van der Waals surface area (Å²) in [6.07, 6.45) is 12.6. The molecule has 7 atom stereocenters. The van der Waals surface area contributed by atoms with Gasteiger partial charge in [0.05, 0.1) is 25.4 Å². The Hall–Kier alpha value is -0.580. The van der Waals surface area contributed by atoms with Crippen molar-refractivity contribution >= 4 is 0 Å². The number of allylic oxidation sites excluding steroid dienone is 1. The number of rotatable bonds is 19. The second-order valence-corrected chi connectivity index (χ2v) is 9.15. The minimum Gasteiger partial charge on any atom is -0.394 e. The van der Waals surface area contributed by atoms with E-state index in [0.29, 0.717) is 0 Å². The standard InChI is InChI=1S/C25H49NO7/c1-3-4-5-6-7-8-9-10-11-12-13-14-15-16-20(31-2)19(26)18-32-25-24(30)23(29)22(28)21(17-27)33-25/h15-16,19-25,27-30H,3-14,17-18,26H2,1-2H3/b16-15+/t19-,20+,21?,22+,23?,24?,25+/m0/s1. The number of unbranched alkanes of at least 4 members (excludes halogenated alkanes) is 11. The summed E-state index contributed by atoms with van der Waals surface area (Å²) in [4.78, 5) is 0. The van der Waals surface area contributed by atoms with Crippen LogP contribution in [0.2, 0.25) is 0 Å². The minimum atomic E-state index is -1.47. The number of aliphatic hydroxyl groups is 4. The van der Waals surface area contributed by atoms with E-state index in [-0.39, 0.29) is 12.7 Å². The molecule has 0 aromatic carbocycles. The highest BCUT2D eigenvalue weighted by Gasteiger charge is 2.44. The maximum absolute atomic E-state index is 10.0. The number of hydrogen-bond donors (Lipinski definition) is 5. The van der Waals surface area contributed by atoms with Crippen molar-refractivity contribution in [2.75, 3.05) is 20.3 Å². The van der Waals surface area contributed by atoms with Crippen molar-refractivity contribution in [1.29, 1.82) is 0 Å². The molecule has 0 aromatic heterocycles. The molecule has 6 N–H and O–H groups in total. The van der Waals surface area contributed by atoms with Gasteiger partial charge in [-0.05, 0) is 12.8 Å². The zero-order valence-electron chi connectivity index (χ0n) is 20.7. The highest BCUT2D eigenvalue weighted by Crippen LogP contribution is 2.22. The van der Waals surface area contributed by atoms with Crippen LogP contribution < -0.4 is 5.73 Å². The van der Waals surface area contributed by atoms with Gasteiger partial charge in [-0.1, -0.05) is 83.3 Å². The van der Waals surface area contributed by atoms with Crippen molar-refractivity contribution in [3.63, 3.8) is 0 Å². The third-order valence-electron chi connectivity index (χ3n) is 6.30. The second-order valence-electron chi connectivity index (χ2n) is 9.15. The molecule has 1 rings (SSSR count). The lowest BCUT2D eigenvalue weighted by atomic mass is 9.99. The Morgan fingerprint density at radius 3 is 2.00 bits per heavy atom. The highest BCUT2D eigenvalue weighted by molar-refractivity contribution is 4.95. The van der Waals surface area contributed by atoms with Gasteiger partial charge in [0.1, 0.15) is 24.4 Å². The van der Waals surface area contributed by atoms with Gasteiger partial charge in [-0.3, -0.25) is 0 Å². The van der Waals surface area contributed by atoms with Gasteiger partial charge in [0.15, 0.2) is 6.29 Å². The van der Waals surface area contributed by atoms with E-state index in [1.807, 2.05) is 6.08 Å². The first kappa shape index (κ1) is 30.5. The van der Waals surface area contributed by atoms with Crippen LogP contribution in [0.25, 0.3) is 0 Å². The Bertz CT molecular complexity index is 491. The fourth-order valence-corrected chi connectivity index (χ4v) is 4.06. The smallest absolute Gasteiger partial charge is 0.186 e.